The van der Waals surface area contributed by atoms with Crippen LogP contribution in [-0.2, 0) is 14.4 Å². The van der Waals surface area contributed by atoms with Crippen LogP contribution in [0.5, 0.6) is 5.75 Å². The second-order valence-corrected chi connectivity index (χ2v) is 6.66. The van der Waals surface area contributed by atoms with Gasteiger partial charge in [-0.25, -0.2) is 4.79 Å². The highest BCUT2D eigenvalue weighted by Gasteiger charge is 2.22. The first kappa shape index (κ1) is 23.2. The van der Waals surface area contributed by atoms with Gasteiger partial charge in [-0.1, -0.05) is 6.07 Å². The lowest BCUT2D eigenvalue weighted by atomic mass is 10.0. The molecule has 0 aromatic heterocycles. The minimum absolute atomic E-state index is 0.00277. The molecule has 0 radical (unpaired) electrons. The number of amides is 1. The molecule has 7 N–H and O–H groups in total. The van der Waals surface area contributed by atoms with E-state index in [4.69, 9.17) is 21.0 Å². The predicted molar refractivity (Wildman–Crippen MR) is 115 cm³/mol. The van der Waals surface area contributed by atoms with Crippen molar-refractivity contribution in [2.75, 3.05) is 17.7 Å². The zero-order chi connectivity index (χ0) is 23.0. The number of nitrogens with two attached hydrogens (primary N) is 1. The molecule has 10 heteroatoms. The summed E-state index contributed by atoms with van der Waals surface area (Å²) in [5, 5.41) is 31.3. The average molecular weight is 428 g/mol. The SMILES string of the molecule is COc1ccc(C(Nc2ccc(C(=N)N)cc2)C(=O)O)cc1NC(=O)CCCC(=O)O. The van der Waals surface area contributed by atoms with E-state index in [2.05, 4.69) is 10.6 Å². The van der Waals surface area contributed by atoms with Crippen molar-refractivity contribution in [3.8, 4) is 5.75 Å². The molecule has 2 aromatic carbocycles. The van der Waals surface area contributed by atoms with E-state index in [0.717, 1.165) is 0 Å². The van der Waals surface area contributed by atoms with Gasteiger partial charge in [-0.05, 0) is 48.4 Å². The molecule has 1 unspecified atom stereocenters. The number of amidine groups is 1. The first-order valence-corrected chi connectivity index (χ1v) is 9.34. The maximum Gasteiger partial charge on any atom is 0.330 e. The van der Waals surface area contributed by atoms with Gasteiger partial charge in [0.05, 0.1) is 12.8 Å². The minimum Gasteiger partial charge on any atom is -0.495 e. The summed E-state index contributed by atoms with van der Waals surface area (Å²) in [5.41, 5.74) is 7.09. The van der Waals surface area contributed by atoms with Gasteiger partial charge in [0, 0.05) is 24.1 Å². The van der Waals surface area contributed by atoms with Gasteiger partial charge in [-0.2, -0.15) is 0 Å². The lowest BCUT2D eigenvalue weighted by Crippen LogP contribution is -2.21. The topological polar surface area (TPSA) is 175 Å². The monoisotopic (exact) mass is 428 g/mol. The zero-order valence-corrected chi connectivity index (χ0v) is 16.8. The number of rotatable bonds is 11. The number of carboxylic acid groups (broad SMARTS) is 2. The lowest BCUT2D eigenvalue weighted by Gasteiger charge is -2.19. The van der Waals surface area contributed by atoms with E-state index in [9.17, 15) is 19.5 Å². The maximum absolute atomic E-state index is 12.1. The van der Waals surface area contributed by atoms with E-state index in [1.165, 1.54) is 13.2 Å². The van der Waals surface area contributed by atoms with Crippen LogP contribution in [0.25, 0.3) is 0 Å². The Kier molecular flexibility index (Phi) is 7.95. The third-order valence-corrected chi connectivity index (χ3v) is 4.38. The summed E-state index contributed by atoms with van der Waals surface area (Å²) < 4.78 is 5.23. The molecule has 1 atom stereocenters. The molecule has 0 saturated heterocycles. The summed E-state index contributed by atoms with van der Waals surface area (Å²) >= 11 is 0. The molecule has 0 aliphatic rings. The maximum atomic E-state index is 12.1. The molecule has 1 amide bonds. The Balaban J connectivity index is 2.22. The average Bonchev–Trinajstić information content (AvgIpc) is 2.71. The second kappa shape index (κ2) is 10.6. The van der Waals surface area contributed by atoms with Crippen molar-refractivity contribution in [2.45, 2.75) is 25.3 Å². The van der Waals surface area contributed by atoms with E-state index in [0.29, 0.717) is 22.6 Å². The van der Waals surface area contributed by atoms with E-state index < -0.39 is 23.9 Å². The normalized spacial score (nSPS) is 11.3. The van der Waals surface area contributed by atoms with Crippen molar-refractivity contribution >= 4 is 35.1 Å². The van der Waals surface area contributed by atoms with Gasteiger partial charge in [0.25, 0.3) is 0 Å². The Labute approximate surface area is 178 Å². The molecule has 0 aliphatic carbocycles. The highest BCUT2D eigenvalue weighted by molar-refractivity contribution is 5.95. The van der Waals surface area contributed by atoms with Crippen molar-refractivity contribution in [1.29, 1.82) is 5.41 Å². The van der Waals surface area contributed by atoms with Gasteiger partial charge in [-0.15, -0.1) is 0 Å². The molecule has 0 heterocycles. The Hall–Kier alpha value is -4.08. The highest BCUT2D eigenvalue weighted by Crippen LogP contribution is 2.30. The van der Waals surface area contributed by atoms with Crippen molar-refractivity contribution in [3.63, 3.8) is 0 Å². The second-order valence-electron chi connectivity index (χ2n) is 6.66. The fourth-order valence-corrected chi connectivity index (χ4v) is 2.82. The van der Waals surface area contributed by atoms with Crippen LogP contribution in [0.3, 0.4) is 0 Å². The Morgan fingerprint density at radius 1 is 1.10 bits per heavy atom. The van der Waals surface area contributed by atoms with Crippen molar-refractivity contribution < 1.29 is 29.3 Å². The number of anilines is 2. The first-order valence-electron chi connectivity index (χ1n) is 9.34. The molecule has 10 nitrogen and oxygen atoms in total. The van der Waals surface area contributed by atoms with Gasteiger partial charge in [-0.3, -0.25) is 15.0 Å². The summed E-state index contributed by atoms with van der Waals surface area (Å²) in [7, 11) is 1.42. The van der Waals surface area contributed by atoms with Crippen molar-refractivity contribution in [3.05, 3.63) is 53.6 Å². The number of aliphatic carboxylic acids is 2. The number of methoxy groups -OCH3 is 1. The van der Waals surface area contributed by atoms with E-state index in [1.54, 1.807) is 36.4 Å². The summed E-state index contributed by atoms with van der Waals surface area (Å²) in [5.74, 6) is -2.29. The summed E-state index contributed by atoms with van der Waals surface area (Å²) in [4.78, 5) is 34.6. The molecule has 31 heavy (non-hydrogen) atoms. The molecule has 164 valence electrons. The molecule has 0 bridgehead atoms. The number of carbonyl (C=O) groups excluding carboxylic acids is 1. The highest BCUT2D eigenvalue weighted by atomic mass is 16.5. The van der Waals surface area contributed by atoms with Gasteiger partial charge in [0.2, 0.25) is 5.91 Å². The number of nitrogens with one attached hydrogen (secondary N) is 3. The third-order valence-electron chi connectivity index (χ3n) is 4.38. The number of benzene rings is 2. The number of carboxylic acids is 2. The number of carbonyl (C=O) groups is 3. The molecule has 0 saturated carbocycles. The quantitative estimate of drug-likeness (QED) is 0.233. The fourth-order valence-electron chi connectivity index (χ4n) is 2.82. The minimum atomic E-state index is -1.14. The fraction of sp³-hybridized carbons (Fsp3) is 0.238. The largest absolute Gasteiger partial charge is 0.495 e. The van der Waals surface area contributed by atoms with Crippen molar-refractivity contribution in [1.82, 2.24) is 0 Å². The standard InChI is InChI=1S/C21H24N4O6/c1-31-16-10-7-13(11-15(16)25-17(26)3-2-4-18(27)28)19(21(29)30)24-14-8-5-12(6-9-14)20(22)23/h5-11,19,24H,2-4H2,1H3,(H3,22,23)(H,25,26)(H,27,28)(H,29,30). The Morgan fingerprint density at radius 2 is 1.77 bits per heavy atom. The number of nitrogen functional groups attached to an aromatic ring is 1. The van der Waals surface area contributed by atoms with Crippen LogP contribution in [-0.4, -0.2) is 41.0 Å². The molecule has 2 aromatic rings. The predicted octanol–water partition coefficient (Wildman–Crippen LogP) is 2.41. The first-order chi connectivity index (χ1) is 14.7. The van der Waals surface area contributed by atoms with Crippen LogP contribution in [0.1, 0.15) is 36.4 Å². The molecule has 2 rings (SSSR count). The summed E-state index contributed by atoms with van der Waals surface area (Å²) in [6.07, 6.45) is 0.0551. The molecular weight excluding hydrogens is 404 g/mol. The van der Waals surface area contributed by atoms with E-state index >= 15 is 0 Å². The molecule has 0 aliphatic heterocycles. The van der Waals surface area contributed by atoms with Gasteiger partial charge < -0.3 is 31.3 Å². The molecular formula is C21H24N4O6. The summed E-state index contributed by atoms with van der Waals surface area (Å²) in [6, 6.07) is 9.89. The number of hydrogen-bond acceptors (Lipinski definition) is 6. The third kappa shape index (κ3) is 6.74. The van der Waals surface area contributed by atoms with Crippen LogP contribution in [0.4, 0.5) is 11.4 Å². The van der Waals surface area contributed by atoms with E-state index in [1.807, 2.05) is 0 Å². The Morgan fingerprint density at radius 3 is 2.32 bits per heavy atom. The van der Waals surface area contributed by atoms with Gasteiger partial charge in [0.1, 0.15) is 11.6 Å². The summed E-state index contributed by atoms with van der Waals surface area (Å²) in [6.45, 7) is 0. The van der Waals surface area contributed by atoms with Crippen LogP contribution >= 0.6 is 0 Å². The molecule has 0 spiro atoms. The lowest BCUT2D eigenvalue weighted by molar-refractivity contribution is -0.138. The van der Waals surface area contributed by atoms with Crippen molar-refractivity contribution in [2.24, 2.45) is 5.73 Å². The van der Waals surface area contributed by atoms with Crippen LogP contribution < -0.4 is 21.1 Å². The number of ether oxygens (including phenoxy) is 1. The van der Waals surface area contributed by atoms with Gasteiger partial charge in [0.15, 0.2) is 6.04 Å². The van der Waals surface area contributed by atoms with E-state index in [-0.39, 0.29) is 30.8 Å². The van der Waals surface area contributed by atoms with Gasteiger partial charge >= 0.3 is 11.9 Å². The van der Waals surface area contributed by atoms with Crippen LogP contribution in [0, 0.1) is 5.41 Å². The van der Waals surface area contributed by atoms with Crippen LogP contribution in [0.2, 0.25) is 0 Å². The Bertz CT molecular complexity index is 974. The smallest absolute Gasteiger partial charge is 0.330 e. The zero-order valence-electron chi connectivity index (χ0n) is 16.8. The van der Waals surface area contributed by atoms with Crippen LogP contribution in [0.15, 0.2) is 42.5 Å². The molecule has 0 fully saturated rings. The number of hydrogen-bond donors (Lipinski definition) is 6.